The van der Waals surface area contributed by atoms with Gasteiger partial charge in [0.15, 0.2) is 0 Å². The van der Waals surface area contributed by atoms with E-state index in [4.69, 9.17) is 18.7 Å². The topological polar surface area (TPSA) is 99.0 Å². The number of hydrogen-bond donors (Lipinski definition) is 1. The van der Waals surface area contributed by atoms with Crippen molar-refractivity contribution in [2.24, 2.45) is 0 Å². The van der Waals surface area contributed by atoms with Crippen LogP contribution < -0.4 is 19.5 Å². The van der Waals surface area contributed by atoms with E-state index in [0.717, 1.165) is 24.2 Å². The zero-order valence-electron chi connectivity index (χ0n) is 18.3. The van der Waals surface area contributed by atoms with Gasteiger partial charge in [0, 0.05) is 30.6 Å². The minimum Gasteiger partial charge on any atom is -0.497 e. The lowest BCUT2D eigenvalue weighted by Gasteiger charge is -2.30. The number of benzene rings is 2. The van der Waals surface area contributed by atoms with Crippen molar-refractivity contribution in [2.75, 3.05) is 39.7 Å². The number of carbonyl (C=O) groups excluding carboxylic acids is 1. The summed E-state index contributed by atoms with van der Waals surface area (Å²) in [5, 5.41) is 7.03. The van der Waals surface area contributed by atoms with Gasteiger partial charge in [-0.25, -0.2) is 4.79 Å². The van der Waals surface area contributed by atoms with Gasteiger partial charge in [-0.15, -0.1) is 0 Å². The summed E-state index contributed by atoms with van der Waals surface area (Å²) in [5.41, 5.74) is 1.47. The maximum Gasteiger partial charge on any atom is 0.321 e. The van der Waals surface area contributed by atoms with Crippen LogP contribution in [0.3, 0.4) is 0 Å². The molecule has 0 radical (unpaired) electrons. The normalized spacial score (nSPS) is 14.2. The highest BCUT2D eigenvalue weighted by Gasteiger charge is 2.28. The fourth-order valence-electron chi connectivity index (χ4n) is 3.68. The van der Waals surface area contributed by atoms with Crippen LogP contribution in [0.25, 0.3) is 11.4 Å². The first-order valence-electron chi connectivity index (χ1n) is 10.4. The Morgan fingerprint density at radius 3 is 2.34 bits per heavy atom. The Labute approximate surface area is 186 Å². The van der Waals surface area contributed by atoms with Gasteiger partial charge in [-0.3, -0.25) is 0 Å². The molecular formula is C23H26N4O5. The zero-order chi connectivity index (χ0) is 22.5. The molecule has 1 saturated heterocycles. The molecule has 1 N–H and O–H groups in total. The summed E-state index contributed by atoms with van der Waals surface area (Å²) in [7, 11) is 4.77. The molecular weight excluding hydrogens is 412 g/mol. The highest BCUT2D eigenvalue weighted by Crippen LogP contribution is 2.31. The molecule has 0 unspecified atom stereocenters. The van der Waals surface area contributed by atoms with Crippen molar-refractivity contribution in [2.45, 2.75) is 18.8 Å². The molecule has 1 fully saturated rings. The maximum atomic E-state index is 12.7. The van der Waals surface area contributed by atoms with E-state index in [1.54, 1.807) is 44.4 Å². The second kappa shape index (κ2) is 9.59. The first-order chi connectivity index (χ1) is 15.6. The van der Waals surface area contributed by atoms with E-state index in [1.807, 2.05) is 24.3 Å². The lowest BCUT2D eigenvalue weighted by Crippen LogP contribution is -2.40. The van der Waals surface area contributed by atoms with Crippen LogP contribution in [0.15, 0.2) is 47.0 Å². The largest absolute Gasteiger partial charge is 0.497 e. The minimum absolute atomic E-state index is 0.120. The van der Waals surface area contributed by atoms with Gasteiger partial charge in [0.05, 0.1) is 27.0 Å². The van der Waals surface area contributed by atoms with Crippen LogP contribution in [-0.2, 0) is 0 Å². The van der Waals surface area contributed by atoms with Crippen LogP contribution in [0.1, 0.15) is 24.7 Å². The van der Waals surface area contributed by atoms with Gasteiger partial charge in [-0.05, 0) is 49.2 Å². The molecule has 2 heterocycles. The highest BCUT2D eigenvalue weighted by molar-refractivity contribution is 5.91. The van der Waals surface area contributed by atoms with Crippen molar-refractivity contribution in [3.63, 3.8) is 0 Å². The lowest BCUT2D eigenvalue weighted by molar-refractivity contribution is 0.187. The molecule has 1 aromatic heterocycles. The van der Waals surface area contributed by atoms with Crippen molar-refractivity contribution in [3.05, 3.63) is 48.4 Å². The van der Waals surface area contributed by atoms with Crippen LogP contribution >= 0.6 is 0 Å². The number of anilines is 1. The molecule has 168 valence electrons. The first-order valence-corrected chi connectivity index (χ1v) is 10.4. The lowest BCUT2D eigenvalue weighted by atomic mass is 9.97. The number of likely N-dealkylation sites (tertiary alicyclic amines) is 1. The van der Waals surface area contributed by atoms with Crippen molar-refractivity contribution in [3.8, 4) is 28.6 Å². The molecule has 2 amide bonds. The Hall–Kier alpha value is -3.75. The number of piperidine rings is 1. The second-order valence-corrected chi connectivity index (χ2v) is 7.44. The van der Waals surface area contributed by atoms with E-state index in [-0.39, 0.29) is 11.9 Å². The summed E-state index contributed by atoms with van der Waals surface area (Å²) in [5.74, 6) is 3.25. The molecule has 0 atom stereocenters. The summed E-state index contributed by atoms with van der Waals surface area (Å²) in [6.45, 7) is 1.18. The Balaban J connectivity index is 1.35. The maximum absolute atomic E-state index is 12.7. The number of aromatic nitrogens is 2. The molecule has 2 aromatic carbocycles. The Morgan fingerprint density at radius 2 is 1.69 bits per heavy atom. The summed E-state index contributed by atoms with van der Waals surface area (Å²) < 4.78 is 21.3. The molecule has 0 bridgehead atoms. The third-order valence-electron chi connectivity index (χ3n) is 5.57. The molecule has 3 aromatic rings. The van der Waals surface area contributed by atoms with E-state index in [9.17, 15) is 4.79 Å². The smallest absolute Gasteiger partial charge is 0.321 e. The van der Waals surface area contributed by atoms with Gasteiger partial charge >= 0.3 is 6.03 Å². The predicted octanol–water partition coefficient (Wildman–Crippen LogP) is 4.17. The molecule has 1 aliphatic heterocycles. The van der Waals surface area contributed by atoms with Gasteiger partial charge in [-0.2, -0.15) is 4.98 Å². The van der Waals surface area contributed by atoms with Crippen LogP contribution in [0.2, 0.25) is 0 Å². The molecule has 0 aliphatic carbocycles. The summed E-state index contributed by atoms with van der Waals surface area (Å²) in [4.78, 5) is 19.1. The fourth-order valence-corrected chi connectivity index (χ4v) is 3.68. The molecule has 9 nitrogen and oxygen atoms in total. The number of methoxy groups -OCH3 is 3. The van der Waals surface area contributed by atoms with Gasteiger partial charge in [0.1, 0.15) is 17.2 Å². The molecule has 0 saturated carbocycles. The van der Waals surface area contributed by atoms with Gasteiger partial charge in [0.2, 0.25) is 11.7 Å². The minimum atomic E-state index is -0.170. The van der Waals surface area contributed by atoms with Gasteiger partial charge < -0.3 is 29.0 Å². The number of rotatable bonds is 6. The van der Waals surface area contributed by atoms with Crippen LogP contribution in [0.4, 0.5) is 10.5 Å². The quantitative estimate of drug-likeness (QED) is 0.616. The van der Waals surface area contributed by atoms with Crippen molar-refractivity contribution >= 4 is 11.7 Å². The van der Waals surface area contributed by atoms with Crippen molar-refractivity contribution in [1.29, 1.82) is 0 Å². The van der Waals surface area contributed by atoms with Gasteiger partial charge in [-0.1, -0.05) is 5.16 Å². The van der Waals surface area contributed by atoms with Crippen molar-refractivity contribution < 1.29 is 23.5 Å². The van der Waals surface area contributed by atoms with E-state index in [1.165, 1.54) is 0 Å². The summed E-state index contributed by atoms with van der Waals surface area (Å²) in [6.07, 6.45) is 1.49. The van der Waals surface area contributed by atoms with Gasteiger partial charge in [0.25, 0.3) is 0 Å². The number of urea groups is 1. The van der Waals surface area contributed by atoms with E-state index in [0.29, 0.717) is 42.0 Å². The third kappa shape index (κ3) is 4.61. The average Bonchev–Trinajstić information content (AvgIpc) is 3.34. The fraction of sp³-hybridized carbons (Fsp3) is 0.348. The Morgan fingerprint density at radius 1 is 1.00 bits per heavy atom. The van der Waals surface area contributed by atoms with Crippen LogP contribution in [-0.4, -0.2) is 55.5 Å². The molecule has 9 heteroatoms. The Kier molecular flexibility index (Phi) is 6.44. The molecule has 1 aliphatic rings. The number of hydrogen-bond acceptors (Lipinski definition) is 7. The number of carbonyl (C=O) groups is 1. The van der Waals surface area contributed by atoms with Crippen molar-refractivity contribution in [1.82, 2.24) is 15.0 Å². The SMILES string of the molecule is COc1ccc(-c2noc(C3CCN(C(=O)Nc4ccc(OC)cc4OC)CC3)n2)cc1. The van der Waals surface area contributed by atoms with E-state index < -0.39 is 0 Å². The average molecular weight is 438 g/mol. The zero-order valence-corrected chi connectivity index (χ0v) is 18.3. The second-order valence-electron chi connectivity index (χ2n) is 7.44. The molecule has 32 heavy (non-hydrogen) atoms. The number of amides is 2. The highest BCUT2D eigenvalue weighted by atomic mass is 16.5. The summed E-state index contributed by atoms with van der Waals surface area (Å²) in [6, 6.07) is 12.6. The summed E-state index contributed by atoms with van der Waals surface area (Å²) >= 11 is 0. The third-order valence-corrected chi connectivity index (χ3v) is 5.57. The Bertz CT molecular complexity index is 1060. The number of nitrogens with zero attached hydrogens (tertiary/aromatic N) is 3. The van der Waals surface area contributed by atoms with Crippen LogP contribution in [0.5, 0.6) is 17.2 Å². The molecule has 4 rings (SSSR count). The monoisotopic (exact) mass is 438 g/mol. The predicted molar refractivity (Wildman–Crippen MR) is 118 cm³/mol. The number of ether oxygens (including phenoxy) is 3. The van der Waals surface area contributed by atoms with Crippen LogP contribution in [0, 0.1) is 0 Å². The molecule has 0 spiro atoms. The van der Waals surface area contributed by atoms with E-state index >= 15 is 0 Å². The first kappa shape index (κ1) is 21.5. The van der Waals surface area contributed by atoms with E-state index in [2.05, 4.69) is 15.5 Å². The standard InChI is InChI=1S/C23H26N4O5/c1-29-17-6-4-15(5-7-17)21-25-22(32-26-21)16-10-12-27(13-11-16)23(28)24-19-9-8-18(30-2)14-20(19)31-3/h4-9,14,16H,10-13H2,1-3H3,(H,24,28). The number of nitrogens with one attached hydrogen (secondary N) is 1.